The number of halogens is 1. The quantitative estimate of drug-likeness (QED) is 0.428. The highest BCUT2D eigenvalue weighted by atomic mass is 32.1. The van der Waals surface area contributed by atoms with Gasteiger partial charge in [0.05, 0.1) is 4.88 Å². The molecule has 4 rings (SSSR count). The van der Waals surface area contributed by atoms with Crippen molar-refractivity contribution >= 4 is 34.1 Å². The van der Waals surface area contributed by atoms with Crippen molar-refractivity contribution in [3.8, 4) is 10.4 Å². The van der Waals surface area contributed by atoms with Gasteiger partial charge in [-0.15, -0.1) is 11.3 Å². The first kappa shape index (κ1) is 18.9. The van der Waals surface area contributed by atoms with Gasteiger partial charge in [-0.25, -0.2) is 4.39 Å². The van der Waals surface area contributed by atoms with Gasteiger partial charge in [0, 0.05) is 28.4 Å². The molecule has 0 atom stereocenters. The Bertz CT molecular complexity index is 1160. The maximum absolute atomic E-state index is 13.0. The molecule has 0 spiro atoms. The number of nitrogens with one attached hydrogen (secondary N) is 3. The molecule has 2 amide bonds. The third-order valence-corrected chi connectivity index (χ3v) is 5.70. The Morgan fingerprint density at radius 2 is 1.76 bits per heavy atom. The van der Waals surface area contributed by atoms with Gasteiger partial charge < -0.3 is 4.98 Å². The predicted octanol–water partition coefficient (Wildman–Crippen LogP) is 4.43. The lowest BCUT2D eigenvalue weighted by Crippen LogP contribution is -2.41. The molecular formula is C22H18FN3O2S. The number of hydrogen-bond acceptors (Lipinski definition) is 3. The molecule has 2 heterocycles. The summed E-state index contributed by atoms with van der Waals surface area (Å²) in [6.45, 7) is 0. The Morgan fingerprint density at radius 1 is 0.966 bits per heavy atom. The summed E-state index contributed by atoms with van der Waals surface area (Å²) in [6, 6.07) is 17.5. The minimum absolute atomic E-state index is 0.257. The topological polar surface area (TPSA) is 74.0 Å². The highest BCUT2D eigenvalue weighted by Crippen LogP contribution is 2.28. The molecule has 7 heteroatoms. The number of carbonyl (C=O) groups excluding carboxylic acids is 2. The molecule has 0 saturated carbocycles. The Kier molecular flexibility index (Phi) is 5.39. The van der Waals surface area contributed by atoms with Gasteiger partial charge in [-0.1, -0.05) is 30.3 Å². The van der Waals surface area contributed by atoms with Crippen LogP contribution < -0.4 is 10.9 Å². The van der Waals surface area contributed by atoms with Crippen LogP contribution in [0.5, 0.6) is 0 Å². The molecule has 0 aliphatic heterocycles. The molecule has 0 fully saturated rings. The fraction of sp³-hybridized carbons (Fsp3) is 0.0909. The van der Waals surface area contributed by atoms with Gasteiger partial charge in [-0.2, -0.15) is 0 Å². The molecule has 4 aromatic rings. The van der Waals surface area contributed by atoms with Crippen molar-refractivity contribution in [2.24, 2.45) is 0 Å². The number of aromatic amines is 1. The van der Waals surface area contributed by atoms with Crippen LogP contribution in [0, 0.1) is 5.82 Å². The van der Waals surface area contributed by atoms with Crippen LogP contribution in [0.2, 0.25) is 0 Å². The smallest absolute Gasteiger partial charge is 0.279 e. The van der Waals surface area contributed by atoms with Gasteiger partial charge in [0.25, 0.3) is 5.91 Å². The van der Waals surface area contributed by atoms with Crippen molar-refractivity contribution in [2.45, 2.75) is 12.8 Å². The molecule has 5 nitrogen and oxygen atoms in total. The number of para-hydroxylation sites is 1. The van der Waals surface area contributed by atoms with E-state index < -0.39 is 0 Å². The van der Waals surface area contributed by atoms with Crippen molar-refractivity contribution in [3.05, 3.63) is 83.1 Å². The molecule has 0 bridgehead atoms. The number of hydrazine groups is 1. The van der Waals surface area contributed by atoms with Crippen molar-refractivity contribution in [2.75, 3.05) is 0 Å². The zero-order valence-electron chi connectivity index (χ0n) is 15.4. The van der Waals surface area contributed by atoms with Crippen molar-refractivity contribution in [1.29, 1.82) is 0 Å². The molecule has 2 aromatic carbocycles. The molecule has 29 heavy (non-hydrogen) atoms. The summed E-state index contributed by atoms with van der Waals surface area (Å²) in [7, 11) is 0. The lowest BCUT2D eigenvalue weighted by molar-refractivity contribution is -0.121. The molecule has 0 unspecified atom stereocenters. The number of carbonyl (C=O) groups is 2. The van der Waals surface area contributed by atoms with Crippen molar-refractivity contribution in [1.82, 2.24) is 15.8 Å². The van der Waals surface area contributed by atoms with E-state index in [1.807, 2.05) is 30.5 Å². The van der Waals surface area contributed by atoms with E-state index in [1.165, 1.54) is 23.5 Å². The molecule has 0 saturated heterocycles. The lowest BCUT2D eigenvalue weighted by Gasteiger charge is -2.06. The first-order chi connectivity index (χ1) is 14.1. The second kappa shape index (κ2) is 8.28. The summed E-state index contributed by atoms with van der Waals surface area (Å²) < 4.78 is 13.0. The monoisotopic (exact) mass is 407 g/mol. The molecule has 0 aliphatic rings. The van der Waals surface area contributed by atoms with Crippen LogP contribution in [0.25, 0.3) is 21.3 Å². The van der Waals surface area contributed by atoms with Crippen LogP contribution in [-0.2, 0) is 11.2 Å². The summed E-state index contributed by atoms with van der Waals surface area (Å²) in [5, 5.41) is 1.09. The van der Waals surface area contributed by atoms with Gasteiger partial charge in [0.2, 0.25) is 5.91 Å². The van der Waals surface area contributed by atoms with E-state index in [1.54, 1.807) is 24.3 Å². The van der Waals surface area contributed by atoms with Crippen LogP contribution in [0.15, 0.2) is 66.9 Å². The summed E-state index contributed by atoms with van der Waals surface area (Å²) in [5.41, 5.74) is 7.82. The Morgan fingerprint density at radius 3 is 2.59 bits per heavy atom. The average Bonchev–Trinajstić information content (AvgIpc) is 3.38. The molecular weight excluding hydrogens is 389 g/mol. The summed E-state index contributed by atoms with van der Waals surface area (Å²) >= 11 is 1.27. The number of amides is 2. The fourth-order valence-corrected chi connectivity index (χ4v) is 3.97. The third kappa shape index (κ3) is 4.35. The first-order valence-corrected chi connectivity index (χ1v) is 9.92. The first-order valence-electron chi connectivity index (χ1n) is 9.10. The third-order valence-electron chi connectivity index (χ3n) is 4.57. The Hall–Kier alpha value is -3.45. The summed E-state index contributed by atoms with van der Waals surface area (Å²) in [6.07, 6.45) is 2.73. The van der Waals surface area contributed by atoms with Gasteiger partial charge >= 0.3 is 0 Å². The largest absolute Gasteiger partial charge is 0.361 e. The van der Waals surface area contributed by atoms with Gasteiger partial charge in [-0.3, -0.25) is 20.4 Å². The maximum Gasteiger partial charge on any atom is 0.279 e. The van der Waals surface area contributed by atoms with E-state index >= 15 is 0 Å². The molecule has 3 N–H and O–H groups in total. The second-order valence-corrected chi connectivity index (χ2v) is 7.62. The number of benzene rings is 2. The molecule has 146 valence electrons. The van der Waals surface area contributed by atoms with E-state index in [0.717, 1.165) is 26.9 Å². The second-order valence-electron chi connectivity index (χ2n) is 6.53. The summed E-state index contributed by atoms with van der Waals surface area (Å²) in [5.74, 6) is -0.957. The average molecular weight is 407 g/mol. The molecule has 0 radical (unpaired) electrons. The zero-order valence-corrected chi connectivity index (χ0v) is 16.2. The number of aromatic nitrogens is 1. The lowest BCUT2D eigenvalue weighted by atomic mass is 10.1. The number of H-pyrrole nitrogens is 1. The summed E-state index contributed by atoms with van der Waals surface area (Å²) in [4.78, 5) is 28.9. The molecule has 0 aliphatic carbocycles. The number of fused-ring (bicyclic) bond motifs is 1. The van der Waals surface area contributed by atoms with E-state index in [2.05, 4.69) is 15.8 Å². The maximum atomic E-state index is 13.0. The van der Waals surface area contributed by atoms with Gasteiger partial charge in [0.1, 0.15) is 5.82 Å². The SMILES string of the molecule is O=C(CCc1c[nH]c2ccccc12)NNC(=O)c1ccc(-c2ccc(F)cc2)s1. The van der Waals surface area contributed by atoms with E-state index in [4.69, 9.17) is 0 Å². The Labute approximate surface area is 170 Å². The normalized spacial score (nSPS) is 10.8. The van der Waals surface area contributed by atoms with Crippen LogP contribution in [0.3, 0.4) is 0 Å². The highest BCUT2D eigenvalue weighted by molar-refractivity contribution is 7.17. The van der Waals surface area contributed by atoms with E-state index in [-0.39, 0.29) is 24.1 Å². The predicted molar refractivity (Wildman–Crippen MR) is 112 cm³/mol. The molecule has 2 aromatic heterocycles. The van der Waals surface area contributed by atoms with Gasteiger partial charge in [0.15, 0.2) is 0 Å². The minimum Gasteiger partial charge on any atom is -0.361 e. The van der Waals surface area contributed by atoms with Crippen LogP contribution in [-0.4, -0.2) is 16.8 Å². The highest BCUT2D eigenvalue weighted by Gasteiger charge is 2.12. The Balaban J connectivity index is 1.30. The van der Waals surface area contributed by atoms with E-state index in [0.29, 0.717) is 11.3 Å². The number of aryl methyl sites for hydroxylation is 1. The van der Waals surface area contributed by atoms with E-state index in [9.17, 15) is 14.0 Å². The number of hydrogen-bond donors (Lipinski definition) is 3. The van der Waals surface area contributed by atoms with Crippen LogP contribution in [0.1, 0.15) is 21.7 Å². The van der Waals surface area contributed by atoms with Gasteiger partial charge in [-0.05, 0) is 47.9 Å². The fourth-order valence-electron chi connectivity index (χ4n) is 3.07. The van der Waals surface area contributed by atoms with Crippen molar-refractivity contribution < 1.29 is 14.0 Å². The minimum atomic E-state index is -0.385. The number of thiophene rings is 1. The number of rotatable bonds is 5. The van der Waals surface area contributed by atoms with Crippen molar-refractivity contribution in [3.63, 3.8) is 0 Å². The van der Waals surface area contributed by atoms with Crippen LogP contribution in [0.4, 0.5) is 4.39 Å². The van der Waals surface area contributed by atoms with Crippen LogP contribution >= 0.6 is 11.3 Å². The standard InChI is InChI=1S/C22H18FN3O2S/c23-16-8-5-14(6-9-16)19-10-11-20(29-19)22(28)26-25-21(27)12-7-15-13-24-18-4-2-1-3-17(15)18/h1-6,8-11,13,24H,7,12H2,(H,25,27)(H,26,28). The zero-order chi connectivity index (χ0) is 20.2.